The fraction of sp³-hybridized carbons (Fsp3) is 0.440. The van der Waals surface area contributed by atoms with Gasteiger partial charge in [0.15, 0.2) is 14.6 Å². The number of carbonyl (C=O) groups is 1. The van der Waals surface area contributed by atoms with Gasteiger partial charge in [0.25, 0.3) is 0 Å². The van der Waals surface area contributed by atoms with Crippen LogP contribution in [0.25, 0.3) is 20.8 Å². The predicted molar refractivity (Wildman–Crippen MR) is 130 cm³/mol. The Hall–Kier alpha value is -2.29. The van der Waals surface area contributed by atoms with Crippen LogP contribution in [0, 0.1) is 0 Å². The van der Waals surface area contributed by atoms with Crippen LogP contribution in [-0.4, -0.2) is 42.9 Å². The van der Waals surface area contributed by atoms with Crippen molar-refractivity contribution in [1.29, 1.82) is 0 Å². The maximum atomic E-state index is 13.9. The molecule has 0 atom stereocenters. The van der Waals surface area contributed by atoms with E-state index < -0.39 is 26.2 Å². The van der Waals surface area contributed by atoms with E-state index in [0.29, 0.717) is 0 Å². The SMILES string of the molecule is CCc1ccc(-c2nc3ccc(S(=O)(=O)C4(C(=O)OC(C)(C)C)CCOCC4)cc3s2)cc1. The van der Waals surface area contributed by atoms with Crippen molar-refractivity contribution in [3.63, 3.8) is 0 Å². The molecule has 6 nitrogen and oxygen atoms in total. The zero-order valence-corrected chi connectivity index (χ0v) is 21.0. The molecule has 2 heterocycles. The van der Waals surface area contributed by atoms with Crippen LogP contribution in [0.4, 0.5) is 0 Å². The van der Waals surface area contributed by atoms with Crippen molar-refractivity contribution in [1.82, 2.24) is 4.98 Å². The average Bonchev–Trinajstić information content (AvgIpc) is 3.22. The Balaban J connectivity index is 1.74. The summed E-state index contributed by atoms with van der Waals surface area (Å²) in [6.45, 7) is 7.71. The monoisotopic (exact) mass is 487 g/mol. The maximum absolute atomic E-state index is 13.9. The Morgan fingerprint density at radius 2 is 1.79 bits per heavy atom. The van der Waals surface area contributed by atoms with Crippen LogP contribution in [0.15, 0.2) is 47.4 Å². The normalized spacial score (nSPS) is 16.6. The highest BCUT2D eigenvalue weighted by Crippen LogP contribution is 2.39. The van der Waals surface area contributed by atoms with Crippen LogP contribution in [-0.2, 0) is 30.5 Å². The van der Waals surface area contributed by atoms with E-state index >= 15 is 0 Å². The van der Waals surface area contributed by atoms with Gasteiger partial charge in [0.05, 0.1) is 15.1 Å². The molecule has 0 amide bonds. The van der Waals surface area contributed by atoms with E-state index in [1.54, 1.807) is 39.0 Å². The molecule has 8 heteroatoms. The molecule has 1 aliphatic heterocycles. The first kappa shape index (κ1) is 23.9. The largest absolute Gasteiger partial charge is 0.459 e. The molecule has 2 aromatic carbocycles. The molecule has 0 aliphatic carbocycles. The molecule has 1 saturated heterocycles. The Bertz CT molecular complexity index is 1260. The van der Waals surface area contributed by atoms with E-state index in [9.17, 15) is 13.2 Å². The lowest BCUT2D eigenvalue weighted by molar-refractivity contribution is -0.160. The van der Waals surface area contributed by atoms with Crippen LogP contribution in [0.5, 0.6) is 0 Å². The summed E-state index contributed by atoms with van der Waals surface area (Å²) in [6.07, 6.45) is 1.10. The number of hydrogen-bond acceptors (Lipinski definition) is 7. The summed E-state index contributed by atoms with van der Waals surface area (Å²) in [5.41, 5.74) is 2.18. The molecule has 3 aromatic rings. The second-order valence-corrected chi connectivity index (χ2v) is 12.6. The Morgan fingerprint density at radius 1 is 1.12 bits per heavy atom. The van der Waals surface area contributed by atoms with E-state index in [-0.39, 0.29) is 31.0 Å². The van der Waals surface area contributed by atoms with Crippen LogP contribution < -0.4 is 0 Å². The van der Waals surface area contributed by atoms with Crippen LogP contribution in [0.2, 0.25) is 0 Å². The van der Waals surface area contributed by atoms with Gasteiger partial charge in [-0.3, -0.25) is 4.79 Å². The fourth-order valence-electron chi connectivity index (χ4n) is 3.96. The second kappa shape index (κ2) is 8.81. The van der Waals surface area contributed by atoms with Crippen LogP contribution in [0.1, 0.15) is 46.1 Å². The summed E-state index contributed by atoms with van der Waals surface area (Å²) in [5, 5.41) is 0.829. The summed E-state index contributed by atoms with van der Waals surface area (Å²) in [5.74, 6) is -0.709. The number of carbonyl (C=O) groups excluding carboxylic acids is 1. The van der Waals surface area contributed by atoms with Gasteiger partial charge in [-0.25, -0.2) is 13.4 Å². The third-order valence-corrected chi connectivity index (χ3v) is 9.41. The molecule has 0 N–H and O–H groups in total. The molecule has 0 unspecified atom stereocenters. The zero-order chi connectivity index (χ0) is 23.9. The molecule has 1 fully saturated rings. The lowest BCUT2D eigenvalue weighted by atomic mass is 9.99. The van der Waals surface area contributed by atoms with Crippen LogP contribution in [0.3, 0.4) is 0 Å². The number of esters is 1. The second-order valence-electron chi connectivity index (χ2n) is 9.31. The smallest absolute Gasteiger partial charge is 0.328 e. The summed E-state index contributed by atoms with van der Waals surface area (Å²) in [4.78, 5) is 18.0. The number of nitrogens with zero attached hydrogens (tertiary/aromatic N) is 1. The van der Waals surface area contributed by atoms with Crippen molar-refractivity contribution in [2.45, 2.75) is 62.2 Å². The van der Waals surface area contributed by atoms with Gasteiger partial charge >= 0.3 is 5.97 Å². The first-order valence-electron chi connectivity index (χ1n) is 11.1. The molecule has 1 aliphatic rings. The van der Waals surface area contributed by atoms with Crippen molar-refractivity contribution in [3.8, 4) is 10.6 Å². The third-order valence-electron chi connectivity index (χ3n) is 5.87. The number of aryl methyl sites for hydroxylation is 1. The van der Waals surface area contributed by atoms with E-state index in [1.165, 1.54) is 16.9 Å². The summed E-state index contributed by atoms with van der Waals surface area (Å²) in [6, 6.07) is 13.1. The number of thiazole rings is 1. The Labute approximate surface area is 198 Å². The van der Waals surface area contributed by atoms with Gasteiger partial charge in [0.1, 0.15) is 10.6 Å². The van der Waals surface area contributed by atoms with Gasteiger partial charge in [-0.2, -0.15) is 0 Å². The van der Waals surface area contributed by atoms with Crippen molar-refractivity contribution < 1.29 is 22.7 Å². The molecular weight excluding hydrogens is 458 g/mol. The first-order chi connectivity index (χ1) is 15.6. The Kier molecular flexibility index (Phi) is 6.37. The van der Waals surface area contributed by atoms with Gasteiger partial charge in [0, 0.05) is 31.6 Å². The summed E-state index contributed by atoms with van der Waals surface area (Å²) < 4.78 is 37.8. The van der Waals surface area contributed by atoms with Crippen molar-refractivity contribution in [2.24, 2.45) is 0 Å². The number of hydrogen-bond donors (Lipinski definition) is 0. The highest BCUT2D eigenvalue weighted by molar-refractivity contribution is 7.93. The number of rotatable bonds is 5. The predicted octanol–water partition coefficient (Wildman–Crippen LogP) is 5.19. The van der Waals surface area contributed by atoms with Gasteiger partial charge in [-0.15, -0.1) is 11.3 Å². The lowest BCUT2D eigenvalue weighted by Crippen LogP contribution is -2.53. The number of aromatic nitrogens is 1. The van der Waals surface area contributed by atoms with Crippen molar-refractivity contribution >= 4 is 37.4 Å². The van der Waals surface area contributed by atoms with Gasteiger partial charge in [-0.05, 0) is 51.0 Å². The Morgan fingerprint density at radius 3 is 2.39 bits per heavy atom. The first-order valence-corrected chi connectivity index (χ1v) is 13.4. The van der Waals surface area contributed by atoms with Crippen molar-refractivity contribution in [3.05, 3.63) is 48.0 Å². The third kappa shape index (κ3) is 4.56. The number of sulfone groups is 1. The number of benzene rings is 2. The fourth-order valence-corrected chi connectivity index (χ4v) is 6.98. The average molecular weight is 488 g/mol. The number of ether oxygens (including phenoxy) is 2. The molecule has 1 aromatic heterocycles. The highest BCUT2D eigenvalue weighted by atomic mass is 32.2. The summed E-state index contributed by atoms with van der Waals surface area (Å²) in [7, 11) is -4.03. The molecule has 176 valence electrons. The van der Waals surface area contributed by atoms with Gasteiger partial charge in [-0.1, -0.05) is 31.2 Å². The highest BCUT2D eigenvalue weighted by Gasteiger charge is 2.54. The minimum Gasteiger partial charge on any atom is -0.459 e. The standard InChI is InChI=1S/C25H29NO5S2/c1-5-17-6-8-18(9-7-17)22-26-20-11-10-19(16-21(20)32-22)33(28,29)25(12-14-30-15-13-25)23(27)31-24(2,3)4/h6-11,16H,5,12-15H2,1-4H3. The van der Waals surface area contributed by atoms with Gasteiger partial charge < -0.3 is 9.47 Å². The minimum absolute atomic E-state index is 0.0694. The van der Waals surface area contributed by atoms with Crippen molar-refractivity contribution in [2.75, 3.05) is 13.2 Å². The zero-order valence-electron chi connectivity index (χ0n) is 19.4. The molecule has 0 saturated carbocycles. The molecule has 0 radical (unpaired) electrons. The maximum Gasteiger partial charge on any atom is 0.328 e. The van der Waals surface area contributed by atoms with E-state index in [0.717, 1.165) is 27.2 Å². The molecule has 4 rings (SSSR count). The molecule has 0 spiro atoms. The van der Waals surface area contributed by atoms with E-state index in [2.05, 4.69) is 24.0 Å². The van der Waals surface area contributed by atoms with E-state index in [1.807, 2.05) is 12.1 Å². The molecule has 0 bridgehead atoms. The lowest BCUT2D eigenvalue weighted by Gasteiger charge is -2.36. The number of fused-ring (bicyclic) bond motifs is 1. The van der Waals surface area contributed by atoms with Crippen LogP contribution >= 0.6 is 11.3 Å². The molecule has 33 heavy (non-hydrogen) atoms. The summed E-state index contributed by atoms with van der Waals surface area (Å²) >= 11 is 1.44. The van der Waals surface area contributed by atoms with E-state index in [4.69, 9.17) is 9.47 Å². The molecular formula is C25H29NO5S2. The minimum atomic E-state index is -4.03. The quantitative estimate of drug-likeness (QED) is 0.461. The topological polar surface area (TPSA) is 82.6 Å². The van der Waals surface area contributed by atoms with Gasteiger partial charge in [0.2, 0.25) is 0 Å².